The summed E-state index contributed by atoms with van der Waals surface area (Å²) in [7, 11) is 1.49. The highest BCUT2D eigenvalue weighted by Gasteiger charge is 1.97. The second kappa shape index (κ2) is 3.33. The van der Waals surface area contributed by atoms with E-state index in [9.17, 15) is 4.79 Å². The molecule has 0 bridgehead atoms. The standard InChI is InChI=1S/C8H8N4O2/c1-12-8(13)6-4-2-3-5-7(6)9-10-11-14-12/h2-5H,1H3,(H,9,11). The van der Waals surface area contributed by atoms with Crippen molar-refractivity contribution in [2.24, 2.45) is 7.05 Å². The van der Waals surface area contributed by atoms with Gasteiger partial charge in [0.05, 0.1) is 12.4 Å². The van der Waals surface area contributed by atoms with E-state index in [1.165, 1.54) is 7.05 Å². The Morgan fingerprint density at radius 1 is 1.43 bits per heavy atom. The number of benzene rings is 1. The number of hydrogen-bond donors (Lipinski definition) is 1. The maximum atomic E-state index is 11.6. The van der Waals surface area contributed by atoms with Crippen LogP contribution >= 0.6 is 0 Å². The van der Waals surface area contributed by atoms with E-state index in [1.54, 1.807) is 24.3 Å². The Hall–Kier alpha value is -2.11. The summed E-state index contributed by atoms with van der Waals surface area (Å²) in [6, 6.07) is 6.92. The number of aryl methyl sites for hydroxylation is 1. The van der Waals surface area contributed by atoms with E-state index in [0.717, 1.165) is 4.74 Å². The van der Waals surface area contributed by atoms with E-state index in [0.29, 0.717) is 10.9 Å². The second-order valence-corrected chi connectivity index (χ2v) is 2.70. The van der Waals surface area contributed by atoms with E-state index < -0.39 is 0 Å². The molecule has 0 unspecified atom stereocenters. The average Bonchev–Trinajstić information content (AvgIpc) is 2.22. The number of aromatic amines is 1. The van der Waals surface area contributed by atoms with Gasteiger partial charge in [0.25, 0.3) is 5.56 Å². The first-order valence-corrected chi connectivity index (χ1v) is 3.99. The molecule has 0 saturated carbocycles. The highest BCUT2D eigenvalue weighted by Crippen LogP contribution is 2.01. The highest BCUT2D eigenvalue weighted by molar-refractivity contribution is 5.75. The third kappa shape index (κ3) is 1.37. The lowest BCUT2D eigenvalue weighted by Crippen LogP contribution is -2.15. The van der Waals surface area contributed by atoms with Gasteiger partial charge in [0, 0.05) is 0 Å². The lowest BCUT2D eigenvalue weighted by molar-refractivity contribution is 0.171. The summed E-state index contributed by atoms with van der Waals surface area (Å²) in [5.41, 5.74) is 0.243. The van der Waals surface area contributed by atoms with Crippen LogP contribution < -0.4 is 5.56 Å². The highest BCUT2D eigenvalue weighted by atomic mass is 16.6. The van der Waals surface area contributed by atoms with Crippen LogP contribution in [0.5, 0.6) is 0 Å². The quantitative estimate of drug-likeness (QED) is 0.654. The minimum absolute atomic E-state index is 0.272. The summed E-state index contributed by atoms with van der Waals surface area (Å²) in [4.78, 5) is 11.6. The van der Waals surface area contributed by atoms with Crippen LogP contribution in [0.3, 0.4) is 0 Å². The van der Waals surface area contributed by atoms with Crippen molar-refractivity contribution in [2.75, 3.05) is 0 Å². The zero-order valence-electron chi connectivity index (χ0n) is 7.47. The van der Waals surface area contributed by atoms with Crippen LogP contribution in [0.2, 0.25) is 0 Å². The van der Waals surface area contributed by atoms with Gasteiger partial charge >= 0.3 is 0 Å². The fourth-order valence-electron chi connectivity index (χ4n) is 1.11. The zero-order valence-corrected chi connectivity index (χ0v) is 7.47. The molecule has 6 heteroatoms. The van der Waals surface area contributed by atoms with Gasteiger partial charge in [-0.15, -0.1) is 9.84 Å². The van der Waals surface area contributed by atoms with Crippen molar-refractivity contribution in [3.63, 3.8) is 0 Å². The van der Waals surface area contributed by atoms with Crippen molar-refractivity contribution in [1.29, 1.82) is 0 Å². The molecule has 0 amide bonds. The van der Waals surface area contributed by atoms with E-state index in [4.69, 9.17) is 4.63 Å². The van der Waals surface area contributed by atoms with E-state index in [-0.39, 0.29) is 5.56 Å². The van der Waals surface area contributed by atoms with Crippen LogP contribution in [0, 0.1) is 0 Å². The van der Waals surface area contributed by atoms with Gasteiger partial charge in [0.1, 0.15) is 5.52 Å². The predicted octanol–water partition coefficient (Wildman–Crippen LogP) is 0.374. The van der Waals surface area contributed by atoms with Gasteiger partial charge in [-0.25, -0.2) is 0 Å². The Labute approximate surface area is 78.4 Å². The molecule has 1 aromatic heterocycles. The zero-order chi connectivity index (χ0) is 9.97. The second-order valence-electron chi connectivity index (χ2n) is 2.70. The Morgan fingerprint density at radius 3 is 3.07 bits per heavy atom. The number of nitrogens with one attached hydrogen (secondary N) is 1. The average molecular weight is 192 g/mol. The lowest BCUT2D eigenvalue weighted by atomic mass is 10.2. The maximum Gasteiger partial charge on any atom is 0.290 e. The van der Waals surface area contributed by atoms with Crippen molar-refractivity contribution in [2.45, 2.75) is 0 Å². The smallest absolute Gasteiger partial charge is 0.272 e. The van der Waals surface area contributed by atoms with Crippen molar-refractivity contribution in [3.8, 4) is 0 Å². The van der Waals surface area contributed by atoms with Gasteiger partial charge in [-0.3, -0.25) is 9.42 Å². The number of aromatic nitrogens is 4. The number of H-pyrrole nitrogens is 1. The first-order valence-electron chi connectivity index (χ1n) is 3.99. The molecule has 0 saturated heterocycles. The van der Waals surface area contributed by atoms with Crippen LogP contribution in [-0.4, -0.2) is 20.3 Å². The van der Waals surface area contributed by atoms with Gasteiger partial charge in [-0.05, 0) is 17.3 Å². The summed E-state index contributed by atoms with van der Waals surface area (Å²) in [5.74, 6) is 0. The summed E-state index contributed by atoms with van der Waals surface area (Å²) in [5, 5.41) is 9.92. The summed E-state index contributed by atoms with van der Waals surface area (Å²) >= 11 is 0. The third-order valence-corrected chi connectivity index (χ3v) is 1.80. The molecular formula is C8H8N4O2. The molecule has 0 aliphatic rings. The molecule has 2 rings (SSSR count). The van der Waals surface area contributed by atoms with E-state index >= 15 is 0 Å². The SMILES string of the molecule is Cn1o[nH]nnc2ccccc2c1=O. The molecule has 72 valence electrons. The molecule has 0 radical (unpaired) electrons. The number of hydrogen-bond acceptors (Lipinski definition) is 4. The molecule has 6 nitrogen and oxygen atoms in total. The van der Waals surface area contributed by atoms with Crippen LogP contribution in [-0.2, 0) is 7.05 Å². The van der Waals surface area contributed by atoms with Crippen molar-refractivity contribution in [3.05, 3.63) is 34.6 Å². The van der Waals surface area contributed by atoms with Gasteiger partial charge < -0.3 is 0 Å². The third-order valence-electron chi connectivity index (χ3n) is 1.80. The Bertz CT molecular complexity index is 550. The summed E-state index contributed by atoms with van der Waals surface area (Å²) in [6.45, 7) is 0. The fourth-order valence-corrected chi connectivity index (χ4v) is 1.11. The largest absolute Gasteiger partial charge is 0.290 e. The maximum absolute atomic E-state index is 11.6. The lowest BCUT2D eigenvalue weighted by Gasteiger charge is -1.93. The minimum Gasteiger partial charge on any atom is -0.272 e. The van der Waals surface area contributed by atoms with Gasteiger partial charge in [0.2, 0.25) is 0 Å². The molecule has 1 N–H and O–H groups in total. The van der Waals surface area contributed by atoms with Crippen LogP contribution in [0.15, 0.2) is 33.7 Å². The first-order chi connectivity index (χ1) is 6.79. The Morgan fingerprint density at radius 2 is 2.21 bits per heavy atom. The number of rotatable bonds is 0. The molecule has 0 atom stereocenters. The van der Waals surface area contributed by atoms with Crippen molar-refractivity contribution < 1.29 is 4.63 Å². The summed E-state index contributed by atoms with van der Waals surface area (Å²) in [6.07, 6.45) is 0. The Kier molecular flexibility index (Phi) is 2.02. The number of nitrogens with zero attached hydrogens (tertiary/aromatic N) is 3. The Balaban J connectivity index is 3.03. The molecular weight excluding hydrogens is 184 g/mol. The van der Waals surface area contributed by atoms with E-state index in [2.05, 4.69) is 15.6 Å². The van der Waals surface area contributed by atoms with Crippen LogP contribution in [0.4, 0.5) is 0 Å². The molecule has 1 heterocycles. The molecule has 0 aliphatic heterocycles. The molecule has 1 aromatic carbocycles. The molecule has 0 aliphatic carbocycles. The minimum atomic E-state index is -0.272. The monoisotopic (exact) mass is 192 g/mol. The molecule has 0 fully saturated rings. The van der Waals surface area contributed by atoms with E-state index in [1.807, 2.05) is 0 Å². The molecule has 2 aromatic rings. The predicted molar refractivity (Wildman–Crippen MR) is 49.0 cm³/mol. The summed E-state index contributed by atoms with van der Waals surface area (Å²) < 4.78 is 5.78. The number of fused-ring (bicyclic) bond motifs is 1. The van der Waals surface area contributed by atoms with Crippen molar-refractivity contribution in [1.82, 2.24) is 20.3 Å². The fraction of sp³-hybridized carbons (Fsp3) is 0.125. The first kappa shape index (κ1) is 8.49. The molecule has 14 heavy (non-hydrogen) atoms. The normalized spacial score (nSPS) is 10.1. The topological polar surface area (TPSA) is 76.7 Å². The van der Waals surface area contributed by atoms with Gasteiger partial charge in [-0.1, -0.05) is 17.4 Å². The van der Waals surface area contributed by atoms with Gasteiger partial charge in [-0.2, -0.15) is 0 Å². The van der Waals surface area contributed by atoms with Crippen LogP contribution in [0.25, 0.3) is 10.9 Å². The van der Waals surface area contributed by atoms with Gasteiger partial charge in [0.15, 0.2) is 0 Å². The molecule has 0 spiro atoms. The van der Waals surface area contributed by atoms with Crippen molar-refractivity contribution >= 4 is 10.9 Å². The van der Waals surface area contributed by atoms with Crippen LogP contribution in [0.1, 0.15) is 0 Å².